The molecule has 5 nitrogen and oxygen atoms in total. The number of guanidine groups is 1. The zero-order valence-corrected chi connectivity index (χ0v) is 19.0. The van der Waals surface area contributed by atoms with Gasteiger partial charge in [0.05, 0.1) is 10.6 Å². The number of rotatable bonds is 7. The zero-order valence-electron chi connectivity index (χ0n) is 15.9. The number of halogens is 1. The third kappa shape index (κ3) is 10.0. The zero-order chi connectivity index (χ0) is 18.2. The number of aliphatic imine (C=N–C) groups is 1. The van der Waals surface area contributed by atoms with E-state index in [1.807, 2.05) is 6.07 Å². The Morgan fingerprint density at radius 1 is 1.20 bits per heavy atom. The first-order valence-electron chi connectivity index (χ1n) is 8.39. The minimum Gasteiger partial charge on any atom is -0.355 e. The largest absolute Gasteiger partial charge is 0.355 e. The van der Waals surface area contributed by atoms with Gasteiger partial charge in [0.1, 0.15) is 0 Å². The summed E-state index contributed by atoms with van der Waals surface area (Å²) >= 11 is 0. The van der Waals surface area contributed by atoms with E-state index in [0.717, 1.165) is 12.8 Å². The van der Waals surface area contributed by atoms with Gasteiger partial charge in [0.25, 0.3) is 0 Å². The van der Waals surface area contributed by atoms with Gasteiger partial charge in [-0.3, -0.25) is 4.99 Å². The number of sulfone groups is 1. The van der Waals surface area contributed by atoms with Gasteiger partial charge in [-0.05, 0) is 37.3 Å². The van der Waals surface area contributed by atoms with Crippen LogP contribution in [-0.4, -0.2) is 39.8 Å². The van der Waals surface area contributed by atoms with Crippen LogP contribution in [0, 0.1) is 5.41 Å². The molecule has 0 radical (unpaired) electrons. The van der Waals surface area contributed by atoms with Gasteiger partial charge in [-0.15, -0.1) is 24.0 Å². The Morgan fingerprint density at radius 2 is 1.80 bits per heavy atom. The van der Waals surface area contributed by atoms with Crippen LogP contribution in [-0.2, 0) is 9.84 Å². The molecule has 0 spiro atoms. The topological polar surface area (TPSA) is 70.6 Å². The molecule has 1 aromatic rings. The normalized spacial score (nSPS) is 13.7. The van der Waals surface area contributed by atoms with Crippen LogP contribution in [0.25, 0.3) is 0 Å². The fraction of sp³-hybridized carbons (Fsp3) is 0.611. The maximum atomic E-state index is 12.2. The molecule has 0 aliphatic heterocycles. The van der Waals surface area contributed by atoms with Gasteiger partial charge in [0.2, 0.25) is 0 Å². The molecule has 1 rings (SSSR count). The lowest BCUT2D eigenvalue weighted by Crippen LogP contribution is -2.43. The Balaban J connectivity index is 0.00000576. The molecule has 0 heterocycles. The van der Waals surface area contributed by atoms with Crippen molar-refractivity contribution in [2.24, 2.45) is 10.4 Å². The maximum Gasteiger partial charge on any atom is 0.191 e. The molecular weight excluding hydrogens is 449 g/mol. The SMILES string of the molecule is CN=C(NCCS(=O)(=O)c1ccccc1)NC(C)CCC(C)(C)C.I. The number of nitrogens with one attached hydrogen (secondary N) is 2. The first-order valence-corrected chi connectivity index (χ1v) is 10.0. The standard InChI is InChI=1S/C18H31N3O2S.HI/c1-15(11-12-18(2,3)4)21-17(19-5)20-13-14-24(22,23)16-9-7-6-8-10-16;/h6-10,15H,11-14H2,1-5H3,(H2,19,20,21);1H. The van der Waals surface area contributed by atoms with E-state index in [-0.39, 0.29) is 35.8 Å². The Kier molecular flexibility index (Phi) is 10.6. The summed E-state index contributed by atoms with van der Waals surface area (Å²) in [6, 6.07) is 8.80. The second kappa shape index (κ2) is 11.0. The van der Waals surface area contributed by atoms with Crippen molar-refractivity contribution in [1.29, 1.82) is 0 Å². The molecule has 25 heavy (non-hydrogen) atoms. The number of hydrogen-bond donors (Lipinski definition) is 2. The summed E-state index contributed by atoms with van der Waals surface area (Å²) in [4.78, 5) is 4.52. The van der Waals surface area contributed by atoms with E-state index in [1.54, 1.807) is 31.3 Å². The Labute approximate surface area is 170 Å². The van der Waals surface area contributed by atoms with Gasteiger partial charge in [-0.25, -0.2) is 8.42 Å². The highest BCUT2D eigenvalue weighted by Gasteiger charge is 2.15. The number of nitrogens with zero attached hydrogens (tertiary/aromatic N) is 1. The Bertz CT molecular complexity index is 625. The minimum atomic E-state index is -3.27. The van der Waals surface area contributed by atoms with Crippen molar-refractivity contribution in [1.82, 2.24) is 10.6 Å². The lowest BCUT2D eigenvalue weighted by Gasteiger charge is -2.23. The van der Waals surface area contributed by atoms with Crippen molar-refractivity contribution in [3.63, 3.8) is 0 Å². The van der Waals surface area contributed by atoms with E-state index in [0.29, 0.717) is 22.8 Å². The van der Waals surface area contributed by atoms with Crippen molar-refractivity contribution < 1.29 is 8.42 Å². The minimum absolute atomic E-state index is 0. The molecule has 0 amide bonds. The second-order valence-electron chi connectivity index (χ2n) is 7.28. The third-order valence-corrected chi connectivity index (χ3v) is 5.43. The van der Waals surface area contributed by atoms with Crippen LogP contribution in [0.4, 0.5) is 0 Å². The lowest BCUT2D eigenvalue weighted by atomic mass is 9.89. The van der Waals surface area contributed by atoms with Gasteiger partial charge in [0.15, 0.2) is 15.8 Å². The van der Waals surface area contributed by atoms with Crippen molar-refractivity contribution in [3.8, 4) is 0 Å². The molecule has 0 saturated carbocycles. The average Bonchev–Trinajstić information content (AvgIpc) is 2.52. The monoisotopic (exact) mass is 481 g/mol. The number of hydrogen-bond acceptors (Lipinski definition) is 3. The van der Waals surface area contributed by atoms with Crippen LogP contribution >= 0.6 is 24.0 Å². The Morgan fingerprint density at radius 3 is 2.32 bits per heavy atom. The predicted molar refractivity (Wildman–Crippen MR) is 117 cm³/mol. The first-order chi connectivity index (χ1) is 11.1. The molecule has 144 valence electrons. The van der Waals surface area contributed by atoms with E-state index >= 15 is 0 Å². The quantitative estimate of drug-likeness (QED) is 0.356. The molecule has 0 fully saturated rings. The Hall–Kier alpha value is -0.830. The summed E-state index contributed by atoms with van der Waals surface area (Å²) in [6.07, 6.45) is 2.15. The summed E-state index contributed by atoms with van der Waals surface area (Å²) in [6.45, 7) is 9.10. The van der Waals surface area contributed by atoms with E-state index in [4.69, 9.17) is 0 Å². The number of benzene rings is 1. The highest BCUT2D eigenvalue weighted by molar-refractivity contribution is 14.0. The van der Waals surface area contributed by atoms with Gasteiger partial charge in [-0.1, -0.05) is 39.0 Å². The van der Waals surface area contributed by atoms with E-state index in [9.17, 15) is 8.42 Å². The second-order valence-corrected chi connectivity index (χ2v) is 9.38. The van der Waals surface area contributed by atoms with Crippen molar-refractivity contribution >= 4 is 39.8 Å². The summed E-state index contributed by atoms with van der Waals surface area (Å²) in [7, 11) is -1.58. The molecule has 0 aliphatic rings. The van der Waals surface area contributed by atoms with Gasteiger partial charge in [0, 0.05) is 19.6 Å². The summed E-state index contributed by atoms with van der Waals surface area (Å²) in [5.74, 6) is 0.674. The fourth-order valence-electron chi connectivity index (χ4n) is 2.20. The highest BCUT2D eigenvalue weighted by Crippen LogP contribution is 2.21. The van der Waals surface area contributed by atoms with Crippen molar-refractivity contribution in [2.45, 2.75) is 51.5 Å². The van der Waals surface area contributed by atoms with Gasteiger partial charge in [-0.2, -0.15) is 0 Å². The van der Waals surface area contributed by atoms with Crippen LogP contribution < -0.4 is 10.6 Å². The molecule has 0 bridgehead atoms. The lowest BCUT2D eigenvalue weighted by molar-refractivity contribution is 0.346. The molecule has 1 unspecified atom stereocenters. The highest BCUT2D eigenvalue weighted by atomic mass is 127. The van der Waals surface area contributed by atoms with E-state index in [1.165, 1.54) is 0 Å². The summed E-state index contributed by atoms with van der Waals surface area (Å²) < 4.78 is 24.5. The fourth-order valence-corrected chi connectivity index (χ4v) is 3.38. The molecule has 0 aliphatic carbocycles. The predicted octanol–water partition coefficient (Wildman–Crippen LogP) is 3.46. The van der Waals surface area contributed by atoms with Crippen LogP contribution in [0.15, 0.2) is 40.2 Å². The van der Waals surface area contributed by atoms with E-state index in [2.05, 4.69) is 43.3 Å². The maximum absolute atomic E-state index is 12.2. The summed E-state index contributed by atoms with van der Waals surface area (Å²) in [5, 5.41) is 6.39. The van der Waals surface area contributed by atoms with Gasteiger partial charge < -0.3 is 10.6 Å². The first kappa shape index (κ1) is 24.2. The average molecular weight is 481 g/mol. The van der Waals surface area contributed by atoms with Crippen LogP contribution in [0.3, 0.4) is 0 Å². The molecular formula is C18H32IN3O2S. The van der Waals surface area contributed by atoms with Crippen molar-refractivity contribution in [2.75, 3.05) is 19.3 Å². The van der Waals surface area contributed by atoms with Crippen LogP contribution in [0.2, 0.25) is 0 Å². The molecule has 0 saturated heterocycles. The van der Waals surface area contributed by atoms with Crippen molar-refractivity contribution in [3.05, 3.63) is 30.3 Å². The molecule has 2 N–H and O–H groups in total. The summed E-state index contributed by atoms with van der Waals surface area (Å²) in [5.41, 5.74) is 0.302. The molecule has 7 heteroatoms. The van der Waals surface area contributed by atoms with Crippen LogP contribution in [0.1, 0.15) is 40.5 Å². The van der Waals surface area contributed by atoms with Gasteiger partial charge >= 0.3 is 0 Å². The van der Waals surface area contributed by atoms with E-state index < -0.39 is 9.84 Å². The van der Waals surface area contributed by atoms with Crippen LogP contribution in [0.5, 0.6) is 0 Å². The molecule has 1 atom stereocenters. The molecule has 0 aromatic heterocycles. The third-order valence-electron chi connectivity index (χ3n) is 3.70. The smallest absolute Gasteiger partial charge is 0.191 e. The molecule has 1 aromatic carbocycles.